The molecule has 1 unspecified atom stereocenters. The van der Waals surface area contributed by atoms with E-state index in [-0.39, 0.29) is 45.8 Å². The lowest BCUT2D eigenvalue weighted by Gasteiger charge is -2.13. The van der Waals surface area contributed by atoms with Crippen LogP contribution in [0.2, 0.25) is 5.15 Å². The largest absolute Gasteiger partial charge is 0.469 e. The van der Waals surface area contributed by atoms with Crippen LogP contribution in [0.5, 0.6) is 0 Å². The second-order valence-electron chi connectivity index (χ2n) is 8.32. The van der Waals surface area contributed by atoms with Crippen molar-refractivity contribution < 1.29 is 19.1 Å². The number of imidazole rings is 1. The number of nitriles is 1. The number of carbonyl (C=O) groups is 2. The normalized spacial score (nSPS) is 11.8. The summed E-state index contributed by atoms with van der Waals surface area (Å²) in [6.45, 7) is 5.48. The fourth-order valence-corrected chi connectivity index (χ4v) is 3.83. The van der Waals surface area contributed by atoms with Gasteiger partial charge in [-0.1, -0.05) is 18.5 Å². The molecule has 2 heterocycles. The molecular formula is C24H26ClN5O5. The summed E-state index contributed by atoms with van der Waals surface area (Å²) >= 11 is 6.17. The highest BCUT2D eigenvalue weighted by Crippen LogP contribution is 2.28. The number of anilines is 2. The van der Waals surface area contributed by atoms with E-state index >= 15 is 0 Å². The fraction of sp³-hybridized carbons (Fsp3) is 0.375. The molecule has 0 aliphatic carbocycles. The number of esters is 2. The first-order chi connectivity index (χ1) is 16.6. The van der Waals surface area contributed by atoms with Gasteiger partial charge in [-0.05, 0) is 44.5 Å². The first-order valence-corrected chi connectivity index (χ1v) is 11.3. The number of benzene rings is 1. The van der Waals surface area contributed by atoms with Gasteiger partial charge in [0, 0.05) is 19.3 Å². The molecule has 0 aliphatic rings. The van der Waals surface area contributed by atoms with Gasteiger partial charge >= 0.3 is 17.6 Å². The first kappa shape index (κ1) is 25.8. The second-order valence-corrected chi connectivity index (χ2v) is 8.68. The van der Waals surface area contributed by atoms with Gasteiger partial charge in [0.25, 0.3) is 0 Å². The highest BCUT2D eigenvalue weighted by atomic mass is 35.5. The van der Waals surface area contributed by atoms with Crippen LogP contribution in [0.3, 0.4) is 0 Å². The number of nitrogens with zero attached hydrogens (tertiary/aromatic N) is 4. The number of nitrogens with one attached hydrogen (secondary N) is 1. The number of pyridine rings is 1. The molecule has 0 fully saturated rings. The highest BCUT2D eigenvalue weighted by molar-refractivity contribution is 6.31. The van der Waals surface area contributed by atoms with Crippen molar-refractivity contribution in [3.63, 3.8) is 0 Å². The molecule has 3 aromatic rings. The molecule has 2 aromatic heterocycles. The predicted octanol–water partition coefficient (Wildman–Crippen LogP) is 3.77. The monoisotopic (exact) mass is 499 g/mol. The maximum absolute atomic E-state index is 12.8. The van der Waals surface area contributed by atoms with E-state index < -0.39 is 5.97 Å². The molecule has 3 rings (SSSR count). The van der Waals surface area contributed by atoms with Crippen molar-refractivity contribution in [1.29, 1.82) is 5.26 Å². The van der Waals surface area contributed by atoms with Crippen molar-refractivity contribution in [2.45, 2.75) is 39.8 Å². The summed E-state index contributed by atoms with van der Waals surface area (Å²) in [5.74, 6) is -1.38. The van der Waals surface area contributed by atoms with E-state index in [1.807, 2.05) is 6.07 Å². The fourth-order valence-electron chi connectivity index (χ4n) is 3.60. The Morgan fingerprint density at radius 3 is 2.57 bits per heavy atom. The van der Waals surface area contributed by atoms with E-state index in [1.54, 1.807) is 50.6 Å². The number of rotatable bonds is 8. The Balaban J connectivity index is 2.00. The Bertz CT molecular complexity index is 1390. The van der Waals surface area contributed by atoms with Crippen LogP contribution < -0.4 is 11.0 Å². The number of hydrogen-bond acceptors (Lipinski definition) is 8. The standard InChI is InChI=1S/C24H26ClN5O5/c1-13(2)35-23(32)18-11-17(16(12-26)21(25)28-18)27-15-6-7-19-20(10-15)30(24(33)29(19)4)9-8-14(3)22(31)34-5/h6-7,10-11,13-14H,8-9H2,1-5H3,(H,27,28). The zero-order chi connectivity index (χ0) is 25.9. The molecule has 11 heteroatoms. The van der Waals surface area contributed by atoms with E-state index in [2.05, 4.69) is 10.3 Å². The maximum Gasteiger partial charge on any atom is 0.357 e. The van der Waals surface area contributed by atoms with Crippen molar-refractivity contribution in [2.75, 3.05) is 12.4 Å². The Morgan fingerprint density at radius 1 is 1.23 bits per heavy atom. The number of methoxy groups -OCH3 is 1. The smallest absolute Gasteiger partial charge is 0.357 e. The lowest BCUT2D eigenvalue weighted by molar-refractivity contribution is -0.145. The molecule has 0 amide bonds. The van der Waals surface area contributed by atoms with Crippen LogP contribution in [0.15, 0.2) is 29.1 Å². The minimum absolute atomic E-state index is 0.0419. The van der Waals surface area contributed by atoms with Crippen LogP contribution in [0.25, 0.3) is 11.0 Å². The first-order valence-electron chi connectivity index (χ1n) is 10.9. The van der Waals surface area contributed by atoms with Gasteiger partial charge in [-0.2, -0.15) is 5.26 Å². The minimum Gasteiger partial charge on any atom is -0.469 e. The van der Waals surface area contributed by atoms with Gasteiger partial charge < -0.3 is 14.8 Å². The van der Waals surface area contributed by atoms with E-state index in [0.717, 1.165) is 0 Å². The lowest BCUT2D eigenvalue weighted by Crippen LogP contribution is -2.24. The van der Waals surface area contributed by atoms with Gasteiger partial charge in [0.1, 0.15) is 16.8 Å². The van der Waals surface area contributed by atoms with Gasteiger partial charge in [0.05, 0.1) is 35.9 Å². The lowest BCUT2D eigenvalue weighted by atomic mass is 10.1. The van der Waals surface area contributed by atoms with Crippen LogP contribution in [-0.4, -0.2) is 39.3 Å². The van der Waals surface area contributed by atoms with Gasteiger partial charge in [0.2, 0.25) is 0 Å². The molecule has 1 aromatic carbocycles. The third-order valence-electron chi connectivity index (χ3n) is 5.45. The molecular weight excluding hydrogens is 474 g/mol. The summed E-state index contributed by atoms with van der Waals surface area (Å²) in [6, 6.07) is 8.65. The molecule has 184 valence electrons. The zero-order valence-electron chi connectivity index (χ0n) is 20.1. The molecule has 0 aliphatic heterocycles. The van der Waals surface area contributed by atoms with E-state index in [0.29, 0.717) is 29.7 Å². The van der Waals surface area contributed by atoms with Crippen molar-refractivity contribution in [1.82, 2.24) is 14.1 Å². The summed E-state index contributed by atoms with van der Waals surface area (Å²) in [5.41, 5.74) is 1.95. The average molecular weight is 500 g/mol. The van der Waals surface area contributed by atoms with Crippen LogP contribution in [0.4, 0.5) is 11.4 Å². The van der Waals surface area contributed by atoms with Crippen molar-refractivity contribution in [3.05, 3.63) is 51.2 Å². The molecule has 0 saturated heterocycles. The van der Waals surface area contributed by atoms with E-state index in [1.165, 1.54) is 17.7 Å². The van der Waals surface area contributed by atoms with Gasteiger partial charge in [-0.3, -0.25) is 13.9 Å². The number of hydrogen-bond donors (Lipinski definition) is 1. The van der Waals surface area contributed by atoms with Crippen LogP contribution in [-0.2, 0) is 27.9 Å². The van der Waals surface area contributed by atoms with Crippen LogP contribution in [0.1, 0.15) is 43.2 Å². The maximum atomic E-state index is 12.8. The minimum atomic E-state index is -0.665. The third kappa shape index (κ3) is 5.46. The Morgan fingerprint density at radius 2 is 1.94 bits per heavy atom. The number of ether oxygens (including phenoxy) is 2. The van der Waals surface area contributed by atoms with Gasteiger partial charge in [-0.25, -0.2) is 14.6 Å². The van der Waals surface area contributed by atoms with Crippen molar-refractivity contribution in [2.24, 2.45) is 13.0 Å². The molecule has 0 radical (unpaired) electrons. The summed E-state index contributed by atoms with van der Waals surface area (Å²) in [4.78, 5) is 40.9. The Kier molecular flexibility index (Phi) is 7.82. The van der Waals surface area contributed by atoms with E-state index in [4.69, 9.17) is 21.1 Å². The summed E-state index contributed by atoms with van der Waals surface area (Å²) < 4.78 is 13.1. The molecule has 1 N–H and O–H groups in total. The summed E-state index contributed by atoms with van der Waals surface area (Å²) in [5, 5.41) is 12.5. The topological polar surface area (TPSA) is 128 Å². The average Bonchev–Trinajstić information content (AvgIpc) is 3.05. The third-order valence-corrected chi connectivity index (χ3v) is 5.73. The van der Waals surface area contributed by atoms with Crippen LogP contribution in [0, 0.1) is 17.2 Å². The summed E-state index contributed by atoms with van der Waals surface area (Å²) in [6.07, 6.45) is 0.0673. The van der Waals surface area contributed by atoms with Crippen molar-refractivity contribution >= 4 is 45.9 Å². The number of aryl methyl sites for hydroxylation is 2. The van der Waals surface area contributed by atoms with Crippen molar-refractivity contribution in [3.8, 4) is 6.07 Å². The quantitative estimate of drug-likeness (QED) is 0.366. The number of halogens is 1. The number of aromatic nitrogens is 3. The molecule has 0 saturated carbocycles. The molecule has 1 atom stereocenters. The molecule has 10 nitrogen and oxygen atoms in total. The zero-order valence-corrected chi connectivity index (χ0v) is 20.8. The van der Waals surface area contributed by atoms with Gasteiger partial charge in [0.15, 0.2) is 5.69 Å². The predicted molar refractivity (Wildman–Crippen MR) is 131 cm³/mol. The van der Waals surface area contributed by atoms with Gasteiger partial charge in [-0.15, -0.1) is 0 Å². The molecule has 35 heavy (non-hydrogen) atoms. The SMILES string of the molecule is COC(=O)C(C)CCn1c(=O)n(C)c2ccc(Nc3cc(C(=O)OC(C)C)nc(Cl)c3C#N)cc21. The second kappa shape index (κ2) is 10.6. The van der Waals surface area contributed by atoms with E-state index in [9.17, 15) is 19.6 Å². The summed E-state index contributed by atoms with van der Waals surface area (Å²) in [7, 11) is 3.00. The molecule has 0 spiro atoms. The van der Waals surface area contributed by atoms with Crippen LogP contribution >= 0.6 is 11.6 Å². The number of carbonyl (C=O) groups excluding carboxylic acids is 2. The Labute approximate surface area is 207 Å². The highest BCUT2D eigenvalue weighted by Gasteiger charge is 2.19. The Hall–Kier alpha value is -3.84. The number of fused-ring (bicyclic) bond motifs is 1. The molecule has 0 bridgehead atoms.